The highest BCUT2D eigenvalue weighted by molar-refractivity contribution is 9.10. The molecule has 19 heavy (non-hydrogen) atoms. The van der Waals surface area contributed by atoms with E-state index in [4.69, 9.17) is 0 Å². The van der Waals surface area contributed by atoms with Crippen molar-refractivity contribution in [1.82, 2.24) is 5.32 Å². The van der Waals surface area contributed by atoms with Gasteiger partial charge in [0.1, 0.15) is 0 Å². The van der Waals surface area contributed by atoms with Crippen LogP contribution in [0.25, 0.3) is 0 Å². The van der Waals surface area contributed by atoms with Gasteiger partial charge in [0.2, 0.25) is 0 Å². The van der Waals surface area contributed by atoms with Gasteiger partial charge in [-0.05, 0) is 55.8 Å². The molecule has 1 aromatic carbocycles. The summed E-state index contributed by atoms with van der Waals surface area (Å²) in [7, 11) is 0. The lowest BCUT2D eigenvalue weighted by molar-refractivity contribution is 0.694. The smallest absolute Gasteiger partial charge is 0.0425 e. The van der Waals surface area contributed by atoms with Gasteiger partial charge in [-0.25, -0.2) is 0 Å². The number of halogens is 1. The quantitative estimate of drug-likeness (QED) is 0.818. The molecule has 0 saturated heterocycles. The largest absolute Gasteiger partial charge is 0.368 e. The zero-order valence-electron chi connectivity index (χ0n) is 11.7. The van der Waals surface area contributed by atoms with Crippen molar-refractivity contribution < 1.29 is 0 Å². The van der Waals surface area contributed by atoms with Crippen LogP contribution in [0.2, 0.25) is 0 Å². The molecule has 1 N–H and O–H groups in total. The van der Waals surface area contributed by atoms with Crippen molar-refractivity contribution in [3.05, 3.63) is 28.2 Å². The second-order valence-corrected chi connectivity index (χ2v) is 6.80. The van der Waals surface area contributed by atoms with E-state index in [1.807, 2.05) is 0 Å². The fourth-order valence-corrected chi connectivity index (χ4v) is 2.97. The highest BCUT2D eigenvalue weighted by Crippen LogP contribution is 2.39. The molecule has 104 valence electrons. The Balaban J connectivity index is 1.83. The predicted octanol–water partition coefficient (Wildman–Crippen LogP) is 3.94. The van der Waals surface area contributed by atoms with E-state index in [0.717, 1.165) is 25.0 Å². The fourth-order valence-electron chi connectivity index (χ4n) is 2.62. The van der Waals surface area contributed by atoms with E-state index in [9.17, 15) is 0 Å². The molecule has 2 aliphatic carbocycles. The SMILES string of the molecule is CCNCc1ccc(Br)cc1N(CC1CC1)C1CC1. The number of rotatable bonds is 7. The van der Waals surface area contributed by atoms with Gasteiger partial charge in [-0.2, -0.15) is 0 Å². The third kappa shape index (κ3) is 3.51. The van der Waals surface area contributed by atoms with Gasteiger partial charge in [0, 0.05) is 29.3 Å². The van der Waals surface area contributed by atoms with Crippen molar-refractivity contribution in [2.75, 3.05) is 18.0 Å². The number of nitrogens with zero attached hydrogens (tertiary/aromatic N) is 1. The van der Waals surface area contributed by atoms with E-state index in [-0.39, 0.29) is 0 Å². The summed E-state index contributed by atoms with van der Waals surface area (Å²) in [6, 6.07) is 7.55. The van der Waals surface area contributed by atoms with E-state index in [0.29, 0.717) is 0 Å². The maximum Gasteiger partial charge on any atom is 0.0425 e. The minimum Gasteiger partial charge on any atom is -0.368 e. The van der Waals surface area contributed by atoms with Gasteiger partial charge < -0.3 is 10.2 Å². The Kier molecular flexibility index (Phi) is 4.13. The van der Waals surface area contributed by atoms with Gasteiger partial charge in [-0.1, -0.05) is 28.9 Å². The molecule has 0 bridgehead atoms. The van der Waals surface area contributed by atoms with E-state index in [1.165, 1.54) is 48.0 Å². The van der Waals surface area contributed by atoms with Crippen LogP contribution in [0, 0.1) is 5.92 Å². The highest BCUT2D eigenvalue weighted by atomic mass is 79.9. The number of hydrogen-bond acceptors (Lipinski definition) is 2. The lowest BCUT2D eigenvalue weighted by atomic mass is 10.1. The van der Waals surface area contributed by atoms with Crippen LogP contribution in [0.15, 0.2) is 22.7 Å². The van der Waals surface area contributed by atoms with Crippen molar-refractivity contribution in [3.8, 4) is 0 Å². The van der Waals surface area contributed by atoms with Crippen molar-refractivity contribution in [2.45, 2.75) is 45.2 Å². The monoisotopic (exact) mass is 322 g/mol. The van der Waals surface area contributed by atoms with Gasteiger partial charge in [0.15, 0.2) is 0 Å². The fraction of sp³-hybridized carbons (Fsp3) is 0.625. The minimum atomic E-state index is 0.801. The van der Waals surface area contributed by atoms with Gasteiger partial charge in [0.25, 0.3) is 0 Å². The summed E-state index contributed by atoms with van der Waals surface area (Å²) >= 11 is 3.64. The standard InChI is InChI=1S/C16H23BrN2/c1-2-18-10-13-5-6-14(17)9-16(13)19(15-7-8-15)11-12-3-4-12/h5-6,9,12,15,18H,2-4,7-8,10-11H2,1H3. The molecular formula is C16H23BrN2. The number of hydrogen-bond donors (Lipinski definition) is 1. The molecule has 0 unspecified atom stereocenters. The Morgan fingerprint density at radius 1 is 1.26 bits per heavy atom. The van der Waals surface area contributed by atoms with E-state index in [2.05, 4.69) is 51.3 Å². The van der Waals surface area contributed by atoms with Crippen LogP contribution in [-0.4, -0.2) is 19.1 Å². The summed E-state index contributed by atoms with van der Waals surface area (Å²) < 4.78 is 1.20. The number of benzene rings is 1. The second kappa shape index (κ2) is 5.84. The Hall–Kier alpha value is -0.540. The number of anilines is 1. The lowest BCUT2D eigenvalue weighted by Gasteiger charge is -2.27. The maximum absolute atomic E-state index is 3.64. The molecule has 0 aromatic heterocycles. The third-order valence-corrected chi connectivity index (χ3v) is 4.55. The first-order valence-electron chi connectivity index (χ1n) is 7.53. The Labute approximate surface area is 124 Å². The molecule has 2 fully saturated rings. The van der Waals surface area contributed by atoms with Crippen molar-refractivity contribution in [2.24, 2.45) is 5.92 Å². The summed E-state index contributed by atoms with van der Waals surface area (Å²) in [5.74, 6) is 0.951. The first-order chi connectivity index (χ1) is 9.28. The number of nitrogens with one attached hydrogen (secondary N) is 1. The molecule has 0 amide bonds. The van der Waals surface area contributed by atoms with Crippen molar-refractivity contribution >= 4 is 21.6 Å². The first kappa shape index (κ1) is 13.4. The van der Waals surface area contributed by atoms with Crippen LogP contribution in [-0.2, 0) is 6.54 Å². The molecular weight excluding hydrogens is 300 g/mol. The minimum absolute atomic E-state index is 0.801. The van der Waals surface area contributed by atoms with Gasteiger partial charge in [-0.3, -0.25) is 0 Å². The molecule has 0 aliphatic heterocycles. The Morgan fingerprint density at radius 2 is 2.05 bits per heavy atom. The Morgan fingerprint density at radius 3 is 2.68 bits per heavy atom. The Bertz CT molecular complexity index is 438. The highest BCUT2D eigenvalue weighted by Gasteiger charge is 2.34. The van der Waals surface area contributed by atoms with E-state index in [1.54, 1.807) is 0 Å². The van der Waals surface area contributed by atoms with Gasteiger partial charge >= 0.3 is 0 Å². The summed E-state index contributed by atoms with van der Waals surface area (Å²) in [6.45, 7) is 5.44. The first-order valence-corrected chi connectivity index (χ1v) is 8.33. The lowest BCUT2D eigenvalue weighted by Crippen LogP contribution is -2.29. The average molecular weight is 323 g/mol. The molecule has 0 atom stereocenters. The molecule has 2 nitrogen and oxygen atoms in total. The van der Waals surface area contributed by atoms with Crippen LogP contribution in [0.5, 0.6) is 0 Å². The maximum atomic E-state index is 3.64. The molecule has 0 radical (unpaired) electrons. The van der Waals surface area contributed by atoms with E-state index >= 15 is 0 Å². The van der Waals surface area contributed by atoms with Crippen LogP contribution >= 0.6 is 15.9 Å². The third-order valence-electron chi connectivity index (χ3n) is 4.06. The molecule has 1 aromatic rings. The van der Waals surface area contributed by atoms with E-state index < -0.39 is 0 Å². The summed E-state index contributed by atoms with van der Waals surface area (Å²) in [5, 5.41) is 3.47. The molecule has 2 aliphatic rings. The molecule has 3 rings (SSSR count). The normalized spacial score (nSPS) is 18.6. The van der Waals surface area contributed by atoms with Gasteiger partial charge in [0.05, 0.1) is 0 Å². The average Bonchev–Trinajstić information content (AvgIpc) is 3.27. The van der Waals surface area contributed by atoms with Crippen molar-refractivity contribution in [1.29, 1.82) is 0 Å². The summed E-state index contributed by atoms with van der Waals surface area (Å²) in [4.78, 5) is 2.68. The molecule has 0 spiro atoms. The van der Waals surface area contributed by atoms with Crippen LogP contribution in [0.4, 0.5) is 5.69 Å². The zero-order chi connectivity index (χ0) is 13.2. The van der Waals surface area contributed by atoms with Gasteiger partial charge in [-0.15, -0.1) is 0 Å². The molecule has 2 saturated carbocycles. The summed E-state index contributed by atoms with van der Waals surface area (Å²) in [6.07, 6.45) is 5.61. The molecule has 0 heterocycles. The molecule has 3 heteroatoms. The predicted molar refractivity (Wildman–Crippen MR) is 84.6 cm³/mol. The summed E-state index contributed by atoms with van der Waals surface area (Å²) in [5.41, 5.74) is 2.89. The zero-order valence-corrected chi connectivity index (χ0v) is 13.2. The second-order valence-electron chi connectivity index (χ2n) is 5.88. The van der Waals surface area contributed by atoms with Crippen molar-refractivity contribution in [3.63, 3.8) is 0 Å². The van der Waals surface area contributed by atoms with Crippen LogP contribution in [0.1, 0.15) is 38.2 Å². The van der Waals surface area contributed by atoms with Crippen LogP contribution in [0.3, 0.4) is 0 Å². The topological polar surface area (TPSA) is 15.3 Å². The van der Waals surface area contributed by atoms with Crippen LogP contribution < -0.4 is 10.2 Å².